The van der Waals surface area contributed by atoms with Crippen molar-refractivity contribution < 1.29 is 14.6 Å². The minimum atomic E-state index is -1.01. The smallest absolute Gasteiger partial charge is 0.325 e. The van der Waals surface area contributed by atoms with Gasteiger partial charge in [0.05, 0.1) is 6.10 Å². The van der Waals surface area contributed by atoms with E-state index in [9.17, 15) is 4.79 Å². The van der Waals surface area contributed by atoms with E-state index in [1.165, 1.54) is 0 Å². The van der Waals surface area contributed by atoms with Crippen molar-refractivity contribution in [1.29, 1.82) is 0 Å². The summed E-state index contributed by atoms with van der Waals surface area (Å²) < 4.78 is 5.54. The van der Waals surface area contributed by atoms with Crippen LogP contribution in [0.3, 0.4) is 0 Å². The second kappa shape index (κ2) is 4.63. The maximum atomic E-state index is 10.7. The number of aliphatic carboxylic acids is 1. The second-order valence-corrected chi connectivity index (χ2v) is 3.98. The molecule has 0 spiro atoms. The van der Waals surface area contributed by atoms with Gasteiger partial charge in [-0.3, -0.25) is 4.79 Å². The molecule has 1 saturated heterocycles. The number of carboxylic acids is 1. The Morgan fingerprint density at radius 1 is 1.44 bits per heavy atom. The van der Waals surface area contributed by atoms with Crippen molar-refractivity contribution in [3.63, 3.8) is 0 Å². The summed E-state index contributed by atoms with van der Waals surface area (Å²) in [5.41, 5.74) is 7.23. The molecule has 4 nitrogen and oxygen atoms in total. The highest BCUT2D eigenvalue weighted by atomic mass is 16.5. The molecule has 1 heterocycles. The predicted molar refractivity (Wildman–Crippen MR) is 58.9 cm³/mol. The fourth-order valence-electron chi connectivity index (χ4n) is 1.90. The van der Waals surface area contributed by atoms with E-state index in [0.29, 0.717) is 5.56 Å². The topological polar surface area (TPSA) is 72.6 Å². The van der Waals surface area contributed by atoms with Crippen molar-refractivity contribution in [1.82, 2.24) is 0 Å². The van der Waals surface area contributed by atoms with Crippen LogP contribution in [0.15, 0.2) is 24.3 Å². The molecule has 0 amide bonds. The van der Waals surface area contributed by atoms with Crippen LogP contribution in [0.5, 0.6) is 0 Å². The average molecular weight is 221 g/mol. The Balaban J connectivity index is 2.12. The minimum Gasteiger partial charge on any atom is -0.480 e. The first-order valence-corrected chi connectivity index (χ1v) is 5.38. The molecule has 0 saturated carbocycles. The van der Waals surface area contributed by atoms with E-state index in [-0.39, 0.29) is 6.10 Å². The Kier molecular flexibility index (Phi) is 3.22. The van der Waals surface area contributed by atoms with Gasteiger partial charge in [-0.1, -0.05) is 24.3 Å². The van der Waals surface area contributed by atoms with Crippen molar-refractivity contribution >= 4 is 5.97 Å². The Morgan fingerprint density at radius 3 is 2.62 bits per heavy atom. The maximum absolute atomic E-state index is 10.7. The molecule has 4 heteroatoms. The molecular formula is C12H15NO3. The molecule has 2 rings (SSSR count). The van der Waals surface area contributed by atoms with Gasteiger partial charge in [0.25, 0.3) is 0 Å². The highest BCUT2D eigenvalue weighted by Gasteiger charge is 2.19. The van der Waals surface area contributed by atoms with Gasteiger partial charge in [-0.25, -0.2) is 0 Å². The van der Waals surface area contributed by atoms with Crippen molar-refractivity contribution in [3.05, 3.63) is 35.4 Å². The Labute approximate surface area is 94.0 Å². The van der Waals surface area contributed by atoms with Crippen LogP contribution in [0.25, 0.3) is 0 Å². The molecular weight excluding hydrogens is 206 g/mol. The van der Waals surface area contributed by atoms with Crippen LogP contribution in [0.2, 0.25) is 0 Å². The van der Waals surface area contributed by atoms with E-state index in [1.807, 2.05) is 12.1 Å². The van der Waals surface area contributed by atoms with Gasteiger partial charge in [0.15, 0.2) is 0 Å². The first kappa shape index (κ1) is 11.1. The van der Waals surface area contributed by atoms with Gasteiger partial charge >= 0.3 is 5.97 Å². The van der Waals surface area contributed by atoms with Crippen LogP contribution in [0.1, 0.15) is 36.1 Å². The first-order valence-electron chi connectivity index (χ1n) is 5.38. The molecule has 1 fully saturated rings. The molecule has 3 N–H and O–H groups in total. The van der Waals surface area contributed by atoms with Crippen LogP contribution < -0.4 is 5.73 Å². The van der Waals surface area contributed by atoms with E-state index in [2.05, 4.69) is 0 Å². The van der Waals surface area contributed by atoms with Gasteiger partial charge in [0.2, 0.25) is 0 Å². The Morgan fingerprint density at radius 2 is 2.12 bits per heavy atom. The molecule has 2 atom stereocenters. The van der Waals surface area contributed by atoms with Crippen molar-refractivity contribution in [3.8, 4) is 0 Å². The molecule has 1 aliphatic heterocycles. The normalized spacial score (nSPS) is 21.9. The third-order valence-electron chi connectivity index (χ3n) is 2.86. The lowest BCUT2D eigenvalue weighted by Crippen LogP contribution is -2.20. The third kappa shape index (κ3) is 2.23. The van der Waals surface area contributed by atoms with Gasteiger partial charge in [0.1, 0.15) is 6.04 Å². The summed E-state index contributed by atoms with van der Waals surface area (Å²) in [7, 11) is 0. The first-order chi connectivity index (χ1) is 7.68. The third-order valence-corrected chi connectivity index (χ3v) is 2.86. The van der Waals surface area contributed by atoms with Crippen LogP contribution in [0, 0.1) is 0 Å². The molecule has 0 aliphatic carbocycles. The largest absolute Gasteiger partial charge is 0.480 e. The van der Waals surface area contributed by atoms with Crippen molar-refractivity contribution in [2.75, 3.05) is 6.61 Å². The lowest BCUT2D eigenvalue weighted by molar-refractivity contribution is -0.138. The highest BCUT2D eigenvalue weighted by molar-refractivity contribution is 5.75. The maximum Gasteiger partial charge on any atom is 0.325 e. The van der Waals surface area contributed by atoms with Crippen LogP contribution >= 0.6 is 0 Å². The number of benzene rings is 1. The SMILES string of the molecule is NC(C(=O)O)c1ccc(C2CCCO2)cc1. The summed E-state index contributed by atoms with van der Waals surface area (Å²) >= 11 is 0. The van der Waals surface area contributed by atoms with E-state index >= 15 is 0 Å². The molecule has 2 unspecified atom stereocenters. The lowest BCUT2D eigenvalue weighted by Gasteiger charge is -2.11. The monoisotopic (exact) mass is 221 g/mol. The van der Waals surface area contributed by atoms with E-state index in [1.54, 1.807) is 12.1 Å². The van der Waals surface area contributed by atoms with Crippen molar-refractivity contribution in [2.45, 2.75) is 25.0 Å². The number of hydrogen-bond donors (Lipinski definition) is 2. The fourth-order valence-corrected chi connectivity index (χ4v) is 1.90. The summed E-state index contributed by atoms with van der Waals surface area (Å²) in [4.78, 5) is 10.7. The predicted octanol–water partition coefficient (Wildman–Crippen LogP) is 1.62. The molecule has 16 heavy (non-hydrogen) atoms. The van der Waals surface area contributed by atoms with Gasteiger partial charge < -0.3 is 15.6 Å². The number of ether oxygens (including phenoxy) is 1. The summed E-state index contributed by atoms with van der Waals surface area (Å²) in [5.74, 6) is -1.01. The number of carboxylic acid groups (broad SMARTS) is 1. The lowest BCUT2D eigenvalue weighted by atomic mass is 10.0. The summed E-state index contributed by atoms with van der Waals surface area (Å²) in [5, 5.41) is 8.77. The summed E-state index contributed by atoms with van der Waals surface area (Å²) in [6.07, 6.45) is 2.28. The summed E-state index contributed by atoms with van der Waals surface area (Å²) in [6, 6.07) is 6.37. The zero-order chi connectivity index (χ0) is 11.5. The second-order valence-electron chi connectivity index (χ2n) is 3.98. The fraction of sp³-hybridized carbons (Fsp3) is 0.417. The van der Waals surface area contributed by atoms with E-state index < -0.39 is 12.0 Å². The Hall–Kier alpha value is -1.39. The standard InChI is InChI=1S/C12H15NO3/c13-11(12(14)15)9-5-3-8(4-6-9)10-2-1-7-16-10/h3-6,10-11H,1-2,7,13H2,(H,14,15). The molecule has 1 aliphatic rings. The molecule has 0 bridgehead atoms. The Bertz CT molecular complexity index is 368. The number of carbonyl (C=O) groups is 1. The van der Waals surface area contributed by atoms with Gasteiger partial charge in [-0.2, -0.15) is 0 Å². The number of hydrogen-bond acceptors (Lipinski definition) is 3. The molecule has 0 radical (unpaired) electrons. The molecule has 0 aromatic heterocycles. The number of rotatable bonds is 3. The van der Waals surface area contributed by atoms with E-state index in [0.717, 1.165) is 25.0 Å². The quantitative estimate of drug-likeness (QED) is 0.813. The van der Waals surface area contributed by atoms with Crippen LogP contribution in [0.4, 0.5) is 0 Å². The molecule has 1 aromatic carbocycles. The zero-order valence-corrected chi connectivity index (χ0v) is 8.93. The summed E-state index contributed by atoms with van der Waals surface area (Å²) in [6.45, 7) is 0.807. The highest BCUT2D eigenvalue weighted by Crippen LogP contribution is 2.28. The minimum absolute atomic E-state index is 0.162. The van der Waals surface area contributed by atoms with Gasteiger partial charge in [0, 0.05) is 6.61 Å². The number of nitrogens with two attached hydrogens (primary N) is 1. The molecule has 86 valence electrons. The van der Waals surface area contributed by atoms with Gasteiger partial charge in [-0.05, 0) is 24.0 Å². The van der Waals surface area contributed by atoms with Crippen LogP contribution in [-0.2, 0) is 9.53 Å². The van der Waals surface area contributed by atoms with Crippen molar-refractivity contribution in [2.24, 2.45) is 5.73 Å². The van der Waals surface area contributed by atoms with E-state index in [4.69, 9.17) is 15.6 Å². The van der Waals surface area contributed by atoms with Crippen LogP contribution in [-0.4, -0.2) is 17.7 Å². The average Bonchev–Trinajstić information content (AvgIpc) is 2.81. The molecule has 1 aromatic rings. The zero-order valence-electron chi connectivity index (χ0n) is 8.93. The van der Waals surface area contributed by atoms with Gasteiger partial charge in [-0.15, -0.1) is 0 Å².